The van der Waals surface area contributed by atoms with Crippen LogP contribution in [0.2, 0.25) is 0 Å². The third-order valence-corrected chi connectivity index (χ3v) is 9.96. The predicted molar refractivity (Wildman–Crippen MR) is 117 cm³/mol. The summed E-state index contributed by atoms with van der Waals surface area (Å²) in [5.74, 6) is 0.739. The third-order valence-electron chi connectivity index (χ3n) is 5.52. The molecule has 0 bridgehead atoms. The van der Waals surface area contributed by atoms with Crippen molar-refractivity contribution in [2.45, 2.75) is 31.4 Å². The molecule has 31 heavy (non-hydrogen) atoms. The number of ketones is 1. The van der Waals surface area contributed by atoms with E-state index in [1.165, 1.54) is 4.31 Å². The zero-order valence-electron chi connectivity index (χ0n) is 17.0. The van der Waals surface area contributed by atoms with Crippen molar-refractivity contribution in [1.82, 2.24) is 10.2 Å². The fourth-order valence-corrected chi connectivity index (χ4v) is 7.56. The average Bonchev–Trinajstić information content (AvgIpc) is 3.44. The Balaban J connectivity index is 1.35. The Hall–Kier alpha value is -1.92. The Morgan fingerprint density at radius 3 is 2.84 bits per heavy atom. The van der Waals surface area contributed by atoms with Crippen molar-refractivity contribution in [1.29, 1.82) is 0 Å². The van der Waals surface area contributed by atoms with Gasteiger partial charge >= 0.3 is 0 Å². The van der Waals surface area contributed by atoms with Gasteiger partial charge in [0.1, 0.15) is 0 Å². The number of carbonyl (C=O) groups is 1. The second-order valence-corrected chi connectivity index (χ2v) is 13.1. The maximum Gasteiger partial charge on any atom is 0.277 e. The summed E-state index contributed by atoms with van der Waals surface area (Å²) >= 11 is 1.13. The number of nitrogens with zero attached hydrogens (tertiary/aromatic N) is 3. The van der Waals surface area contributed by atoms with Gasteiger partial charge in [-0.1, -0.05) is 11.8 Å². The van der Waals surface area contributed by atoms with Crippen molar-refractivity contribution < 1.29 is 26.0 Å². The smallest absolute Gasteiger partial charge is 0.277 e. The lowest BCUT2D eigenvalue weighted by atomic mass is 10.1. The minimum atomic E-state index is -3.32. The topological polar surface area (TPSA) is 128 Å². The molecule has 0 radical (unpaired) electrons. The van der Waals surface area contributed by atoms with Crippen LogP contribution in [-0.4, -0.2) is 62.4 Å². The van der Waals surface area contributed by atoms with Crippen LogP contribution in [0.3, 0.4) is 0 Å². The molecule has 0 aliphatic carbocycles. The number of anilines is 1. The number of carbonyl (C=O) groups excluding carboxylic acids is 1. The third kappa shape index (κ3) is 4.96. The lowest BCUT2D eigenvalue weighted by molar-refractivity contribution is 0.102. The Labute approximate surface area is 185 Å². The molecule has 1 aromatic carbocycles. The summed E-state index contributed by atoms with van der Waals surface area (Å²) in [5.41, 5.74) is 2.00. The first-order chi connectivity index (χ1) is 14.7. The number of benzene rings is 1. The van der Waals surface area contributed by atoms with Crippen LogP contribution < -0.4 is 4.31 Å². The molecule has 1 atom stereocenters. The van der Waals surface area contributed by atoms with Crippen LogP contribution in [0.1, 0.15) is 35.2 Å². The molecule has 1 aromatic heterocycles. The van der Waals surface area contributed by atoms with Gasteiger partial charge in [-0.05, 0) is 49.4 Å². The van der Waals surface area contributed by atoms with Gasteiger partial charge < -0.3 is 4.42 Å². The number of fused-ring (bicyclic) bond motifs is 1. The van der Waals surface area contributed by atoms with Gasteiger partial charge in [-0.3, -0.25) is 9.10 Å². The second kappa shape index (κ2) is 8.55. The number of hydrogen-bond donors (Lipinski definition) is 0. The zero-order valence-corrected chi connectivity index (χ0v) is 19.4. The number of sulfonamides is 1. The van der Waals surface area contributed by atoms with Gasteiger partial charge in [0, 0.05) is 18.5 Å². The molecule has 0 amide bonds. The van der Waals surface area contributed by atoms with E-state index in [4.69, 9.17) is 4.42 Å². The van der Waals surface area contributed by atoms with Gasteiger partial charge in [-0.25, -0.2) is 16.8 Å². The number of hydrogen-bond acceptors (Lipinski definition) is 9. The molecule has 168 valence electrons. The fraction of sp³-hybridized carbons (Fsp3) is 0.526. The van der Waals surface area contributed by atoms with E-state index in [1.807, 2.05) is 0 Å². The van der Waals surface area contributed by atoms with Crippen LogP contribution in [0.25, 0.3) is 0 Å². The molecule has 3 heterocycles. The summed E-state index contributed by atoms with van der Waals surface area (Å²) in [7, 11) is -6.28. The van der Waals surface area contributed by atoms with Crippen LogP contribution in [0.15, 0.2) is 27.8 Å². The average molecular weight is 486 g/mol. The Morgan fingerprint density at radius 2 is 2.13 bits per heavy atom. The number of rotatable bonds is 8. The lowest BCUT2D eigenvalue weighted by Crippen LogP contribution is -2.30. The highest BCUT2D eigenvalue weighted by Gasteiger charge is 2.30. The first-order valence-electron chi connectivity index (χ1n) is 9.99. The highest BCUT2D eigenvalue weighted by molar-refractivity contribution is 7.99. The van der Waals surface area contributed by atoms with E-state index in [-0.39, 0.29) is 39.9 Å². The SMILES string of the molecule is CCS(=O)(=O)N1CCc2cc(C(=O)CSc3nnc(C[C@@H]4CCS(=O)(=O)C4)o3)ccc21. The summed E-state index contributed by atoms with van der Waals surface area (Å²) in [5, 5.41) is 8.16. The van der Waals surface area contributed by atoms with Crippen LogP contribution >= 0.6 is 11.8 Å². The quantitative estimate of drug-likeness (QED) is 0.405. The molecule has 4 rings (SSSR count). The highest BCUT2D eigenvalue weighted by atomic mass is 32.2. The van der Waals surface area contributed by atoms with E-state index in [9.17, 15) is 21.6 Å². The van der Waals surface area contributed by atoms with E-state index < -0.39 is 19.9 Å². The summed E-state index contributed by atoms with van der Waals surface area (Å²) in [4.78, 5) is 12.6. The molecule has 0 unspecified atom stereocenters. The van der Waals surface area contributed by atoms with Crippen molar-refractivity contribution >= 4 is 43.1 Å². The highest BCUT2D eigenvalue weighted by Crippen LogP contribution is 2.32. The molecule has 2 aromatic rings. The minimum absolute atomic E-state index is 0.00701. The molecule has 0 saturated carbocycles. The molecule has 0 N–H and O–H groups in total. The van der Waals surface area contributed by atoms with Crippen LogP contribution in [0, 0.1) is 5.92 Å². The molecular formula is C19H23N3O6S3. The van der Waals surface area contributed by atoms with Crippen molar-refractivity contribution in [3.8, 4) is 0 Å². The van der Waals surface area contributed by atoms with Gasteiger partial charge in [-0.15, -0.1) is 10.2 Å². The van der Waals surface area contributed by atoms with Gasteiger partial charge in [0.15, 0.2) is 15.6 Å². The zero-order chi connectivity index (χ0) is 22.2. The number of sulfone groups is 1. The van der Waals surface area contributed by atoms with Crippen LogP contribution in [-0.2, 0) is 32.7 Å². The Kier molecular flexibility index (Phi) is 6.14. The predicted octanol–water partition coefficient (Wildman–Crippen LogP) is 1.73. The molecule has 9 nitrogen and oxygen atoms in total. The molecule has 0 spiro atoms. The molecule has 12 heteroatoms. The Bertz CT molecular complexity index is 1210. The maximum absolute atomic E-state index is 12.6. The van der Waals surface area contributed by atoms with E-state index >= 15 is 0 Å². The van der Waals surface area contributed by atoms with E-state index in [0.29, 0.717) is 42.9 Å². The number of thioether (sulfide) groups is 1. The van der Waals surface area contributed by atoms with Crippen LogP contribution in [0.5, 0.6) is 0 Å². The normalized spacial score (nSPS) is 20.2. The van der Waals surface area contributed by atoms with Crippen LogP contribution in [0.4, 0.5) is 5.69 Å². The summed E-state index contributed by atoms with van der Waals surface area (Å²) in [6.45, 7) is 2.01. The van der Waals surface area contributed by atoms with E-state index in [1.54, 1.807) is 25.1 Å². The number of aromatic nitrogens is 2. The van der Waals surface area contributed by atoms with Gasteiger partial charge in [0.25, 0.3) is 5.22 Å². The molecule has 1 saturated heterocycles. The molecule has 2 aliphatic heterocycles. The van der Waals surface area contributed by atoms with E-state index in [2.05, 4.69) is 10.2 Å². The monoisotopic (exact) mass is 485 g/mol. The summed E-state index contributed by atoms with van der Waals surface area (Å²) in [6, 6.07) is 5.09. The first kappa shape index (κ1) is 22.3. The first-order valence-corrected chi connectivity index (χ1v) is 14.4. The lowest BCUT2D eigenvalue weighted by Gasteiger charge is -2.18. The fourth-order valence-electron chi connectivity index (χ4n) is 3.86. The molecule has 1 fully saturated rings. The van der Waals surface area contributed by atoms with Gasteiger partial charge in [0.2, 0.25) is 15.9 Å². The van der Waals surface area contributed by atoms with E-state index in [0.717, 1.165) is 17.3 Å². The molecular weight excluding hydrogens is 462 g/mol. The van der Waals surface area contributed by atoms with Gasteiger partial charge in [0.05, 0.1) is 28.7 Å². The van der Waals surface area contributed by atoms with Crippen molar-refractivity contribution in [3.05, 3.63) is 35.2 Å². The maximum atomic E-state index is 12.6. The van der Waals surface area contributed by atoms with Crippen molar-refractivity contribution in [2.24, 2.45) is 5.92 Å². The standard InChI is InChI=1S/C19H23N3O6S3/c1-2-31(26,27)22-7-5-14-10-15(3-4-16(14)22)17(23)11-29-19-21-20-18(28-19)9-13-6-8-30(24,25)12-13/h3-4,10,13H,2,5-9,11-12H2,1H3/t13-/m0/s1. The Morgan fingerprint density at radius 1 is 1.32 bits per heavy atom. The minimum Gasteiger partial charge on any atom is -0.416 e. The molecule has 2 aliphatic rings. The van der Waals surface area contributed by atoms with Crippen molar-refractivity contribution in [3.63, 3.8) is 0 Å². The largest absolute Gasteiger partial charge is 0.416 e. The van der Waals surface area contributed by atoms with Crippen molar-refractivity contribution in [2.75, 3.05) is 33.9 Å². The number of Topliss-reactive ketones (excluding diaryl/α,β-unsaturated/α-hetero) is 1. The van der Waals surface area contributed by atoms with Gasteiger partial charge in [-0.2, -0.15) is 0 Å². The summed E-state index contributed by atoms with van der Waals surface area (Å²) in [6.07, 6.45) is 1.59. The second-order valence-electron chi connectivity index (χ2n) is 7.71. The summed E-state index contributed by atoms with van der Waals surface area (Å²) < 4.78 is 54.5.